The molecule has 0 bridgehead atoms. The monoisotopic (exact) mass is 239 g/mol. The zero-order valence-electron chi connectivity index (χ0n) is 11.6. The Labute approximate surface area is 106 Å². The second-order valence-electron chi connectivity index (χ2n) is 6.11. The van der Waals surface area contributed by atoms with Gasteiger partial charge >= 0.3 is 0 Å². The lowest BCUT2D eigenvalue weighted by atomic mass is 10.00. The average molecular weight is 239 g/mol. The van der Waals surface area contributed by atoms with E-state index in [1.54, 1.807) is 0 Å². The fraction of sp³-hybridized carbons (Fsp3) is 1.00. The molecule has 0 spiro atoms. The molecule has 0 aromatic heterocycles. The van der Waals surface area contributed by atoms with Gasteiger partial charge in [0, 0.05) is 38.3 Å². The summed E-state index contributed by atoms with van der Waals surface area (Å²) in [5, 5.41) is 0. The molecule has 1 saturated heterocycles. The normalized spacial score (nSPS) is 32.5. The molecule has 1 saturated carbocycles. The maximum absolute atomic E-state index is 6.13. The van der Waals surface area contributed by atoms with Gasteiger partial charge < -0.3 is 10.6 Å². The van der Waals surface area contributed by atoms with Gasteiger partial charge in [-0.15, -0.1) is 0 Å². The van der Waals surface area contributed by atoms with Gasteiger partial charge in [0.25, 0.3) is 0 Å². The Morgan fingerprint density at radius 3 is 2.35 bits per heavy atom. The third kappa shape index (κ3) is 3.67. The number of hydrogen-bond acceptors (Lipinski definition) is 3. The molecular formula is C14H29N3. The molecule has 0 aromatic rings. The Hall–Kier alpha value is -0.120. The second-order valence-corrected chi connectivity index (χ2v) is 6.11. The first kappa shape index (κ1) is 13.3. The molecule has 0 radical (unpaired) electrons. The van der Waals surface area contributed by atoms with Crippen LogP contribution in [-0.2, 0) is 0 Å². The standard InChI is InChI=1S/C14H29N3/c1-12(2)17-10-8-16(9-11-17)7-6-13-4-3-5-14(13)15/h12-14H,3-11,15H2,1-2H3. The average Bonchev–Trinajstić information content (AvgIpc) is 2.73. The Morgan fingerprint density at radius 2 is 1.82 bits per heavy atom. The van der Waals surface area contributed by atoms with Crippen molar-refractivity contribution in [3.05, 3.63) is 0 Å². The van der Waals surface area contributed by atoms with E-state index in [1.807, 2.05) is 0 Å². The van der Waals surface area contributed by atoms with Gasteiger partial charge in [-0.1, -0.05) is 6.42 Å². The van der Waals surface area contributed by atoms with Crippen LogP contribution in [0.4, 0.5) is 0 Å². The van der Waals surface area contributed by atoms with Crippen LogP contribution < -0.4 is 5.73 Å². The number of rotatable bonds is 4. The highest BCUT2D eigenvalue weighted by molar-refractivity contribution is 4.82. The van der Waals surface area contributed by atoms with Crippen molar-refractivity contribution in [1.82, 2.24) is 9.80 Å². The quantitative estimate of drug-likeness (QED) is 0.807. The van der Waals surface area contributed by atoms with Crippen molar-refractivity contribution in [3.63, 3.8) is 0 Å². The van der Waals surface area contributed by atoms with Crippen molar-refractivity contribution >= 4 is 0 Å². The van der Waals surface area contributed by atoms with Crippen molar-refractivity contribution in [3.8, 4) is 0 Å². The summed E-state index contributed by atoms with van der Waals surface area (Å²) >= 11 is 0. The molecule has 0 amide bonds. The summed E-state index contributed by atoms with van der Waals surface area (Å²) < 4.78 is 0. The second kappa shape index (κ2) is 6.17. The summed E-state index contributed by atoms with van der Waals surface area (Å²) in [4.78, 5) is 5.21. The highest BCUT2D eigenvalue weighted by Crippen LogP contribution is 2.27. The number of nitrogens with zero attached hydrogens (tertiary/aromatic N) is 2. The van der Waals surface area contributed by atoms with Crippen molar-refractivity contribution in [2.75, 3.05) is 32.7 Å². The topological polar surface area (TPSA) is 32.5 Å². The first-order valence-corrected chi connectivity index (χ1v) is 7.39. The molecule has 2 aliphatic rings. The van der Waals surface area contributed by atoms with Gasteiger partial charge in [0.05, 0.1) is 0 Å². The zero-order valence-corrected chi connectivity index (χ0v) is 11.6. The van der Waals surface area contributed by atoms with Gasteiger partial charge in [-0.2, -0.15) is 0 Å². The van der Waals surface area contributed by atoms with Crippen LogP contribution >= 0.6 is 0 Å². The zero-order chi connectivity index (χ0) is 12.3. The van der Waals surface area contributed by atoms with Crippen molar-refractivity contribution < 1.29 is 0 Å². The highest BCUT2D eigenvalue weighted by atomic mass is 15.3. The van der Waals surface area contributed by atoms with E-state index in [0.717, 1.165) is 5.92 Å². The van der Waals surface area contributed by atoms with Crippen LogP contribution in [0.15, 0.2) is 0 Å². The minimum atomic E-state index is 0.493. The molecule has 2 N–H and O–H groups in total. The van der Waals surface area contributed by atoms with Gasteiger partial charge in [-0.25, -0.2) is 0 Å². The molecule has 2 fully saturated rings. The van der Waals surface area contributed by atoms with Crippen molar-refractivity contribution in [2.45, 2.75) is 51.6 Å². The predicted octanol–water partition coefficient (Wildman–Crippen LogP) is 1.53. The summed E-state index contributed by atoms with van der Waals surface area (Å²) in [6.45, 7) is 10.9. The van der Waals surface area contributed by atoms with E-state index in [4.69, 9.17) is 5.73 Å². The van der Waals surface area contributed by atoms with E-state index >= 15 is 0 Å². The maximum atomic E-state index is 6.13. The van der Waals surface area contributed by atoms with E-state index in [2.05, 4.69) is 23.6 Å². The van der Waals surface area contributed by atoms with Gasteiger partial charge in [-0.3, -0.25) is 4.90 Å². The molecule has 0 aromatic carbocycles. The molecule has 100 valence electrons. The lowest BCUT2D eigenvalue weighted by Gasteiger charge is -2.37. The Bertz CT molecular complexity index is 222. The molecule has 2 rings (SSSR count). The van der Waals surface area contributed by atoms with E-state index < -0.39 is 0 Å². The number of hydrogen-bond donors (Lipinski definition) is 1. The summed E-state index contributed by atoms with van der Waals surface area (Å²) in [5.74, 6) is 0.804. The van der Waals surface area contributed by atoms with Gasteiger partial charge in [0.15, 0.2) is 0 Å². The molecule has 1 aliphatic heterocycles. The Morgan fingerprint density at radius 1 is 1.12 bits per heavy atom. The van der Waals surface area contributed by atoms with Gasteiger partial charge in [-0.05, 0) is 45.6 Å². The van der Waals surface area contributed by atoms with Crippen LogP contribution in [0.3, 0.4) is 0 Å². The third-order valence-corrected chi connectivity index (χ3v) is 4.67. The van der Waals surface area contributed by atoms with Crippen LogP contribution in [0.1, 0.15) is 39.5 Å². The van der Waals surface area contributed by atoms with E-state index in [-0.39, 0.29) is 0 Å². The molecule has 17 heavy (non-hydrogen) atoms. The summed E-state index contributed by atoms with van der Waals surface area (Å²) in [5.41, 5.74) is 6.13. The number of nitrogens with two attached hydrogens (primary N) is 1. The minimum Gasteiger partial charge on any atom is -0.327 e. The van der Waals surface area contributed by atoms with Crippen LogP contribution in [0.25, 0.3) is 0 Å². The third-order valence-electron chi connectivity index (χ3n) is 4.67. The molecule has 3 heteroatoms. The predicted molar refractivity (Wildman–Crippen MR) is 73.1 cm³/mol. The minimum absolute atomic E-state index is 0.493. The summed E-state index contributed by atoms with van der Waals surface area (Å²) in [6.07, 6.45) is 5.30. The largest absolute Gasteiger partial charge is 0.327 e. The highest BCUT2D eigenvalue weighted by Gasteiger charge is 2.25. The van der Waals surface area contributed by atoms with Gasteiger partial charge in [0.2, 0.25) is 0 Å². The van der Waals surface area contributed by atoms with Crippen molar-refractivity contribution in [2.24, 2.45) is 11.7 Å². The molecule has 2 atom stereocenters. The van der Waals surface area contributed by atoms with Crippen LogP contribution in [0.5, 0.6) is 0 Å². The Balaban J connectivity index is 1.64. The van der Waals surface area contributed by atoms with Gasteiger partial charge in [0.1, 0.15) is 0 Å². The maximum Gasteiger partial charge on any atom is 0.0113 e. The molecular weight excluding hydrogens is 210 g/mol. The molecule has 2 unspecified atom stereocenters. The Kier molecular flexibility index (Phi) is 4.83. The fourth-order valence-electron chi connectivity index (χ4n) is 3.28. The van der Waals surface area contributed by atoms with Crippen LogP contribution in [0, 0.1) is 5.92 Å². The summed E-state index contributed by atoms with van der Waals surface area (Å²) in [6, 6.07) is 1.20. The first-order valence-electron chi connectivity index (χ1n) is 7.39. The van der Waals surface area contributed by atoms with Crippen LogP contribution in [0.2, 0.25) is 0 Å². The van der Waals surface area contributed by atoms with E-state index in [0.29, 0.717) is 12.1 Å². The van der Waals surface area contributed by atoms with E-state index in [1.165, 1.54) is 58.4 Å². The first-order chi connectivity index (χ1) is 8.16. The lowest BCUT2D eigenvalue weighted by molar-refractivity contribution is 0.104. The SMILES string of the molecule is CC(C)N1CCN(CCC2CCCC2N)CC1. The molecule has 1 aliphatic carbocycles. The van der Waals surface area contributed by atoms with Crippen LogP contribution in [-0.4, -0.2) is 54.6 Å². The van der Waals surface area contributed by atoms with E-state index in [9.17, 15) is 0 Å². The lowest BCUT2D eigenvalue weighted by Crippen LogP contribution is -2.49. The fourth-order valence-corrected chi connectivity index (χ4v) is 3.28. The number of piperazine rings is 1. The molecule has 3 nitrogen and oxygen atoms in total. The van der Waals surface area contributed by atoms with Crippen molar-refractivity contribution in [1.29, 1.82) is 0 Å². The summed E-state index contributed by atoms with van der Waals surface area (Å²) in [7, 11) is 0. The smallest absolute Gasteiger partial charge is 0.0113 e. The molecule has 1 heterocycles.